The number of benzene rings is 1. The topological polar surface area (TPSA) is 46.9 Å². The number of aryl methyl sites for hydroxylation is 1. The van der Waals surface area contributed by atoms with Crippen LogP contribution < -0.4 is 4.72 Å². The van der Waals surface area contributed by atoms with Crippen LogP contribution in [0.1, 0.15) is 61.6 Å². The highest BCUT2D eigenvalue weighted by Crippen LogP contribution is 2.37. The van der Waals surface area contributed by atoms with Crippen LogP contribution in [0.5, 0.6) is 0 Å². The molecule has 1 amide bonds. The third-order valence-electron chi connectivity index (χ3n) is 5.45. The van der Waals surface area contributed by atoms with Crippen molar-refractivity contribution in [3.8, 4) is 0 Å². The van der Waals surface area contributed by atoms with Gasteiger partial charge in [0.1, 0.15) is 5.82 Å². The van der Waals surface area contributed by atoms with Crippen LogP contribution in [0, 0.1) is 24.6 Å². The van der Waals surface area contributed by atoms with E-state index in [1.807, 2.05) is 11.6 Å². The Kier molecular flexibility index (Phi) is 5.37. The Balaban J connectivity index is 1.93. The average Bonchev–Trinajstić information content (AvgIpc) is 2.90. The number of carbonyl (C=O) groups excluding carboxylic acids is 1. The summed E-state index contributed by atoms with van der Waals surface area (Å²) in [5.41, 5.74) is 1.72. The van der Waals surface area contributed by atoms with Crippen LogP contribution in [-0.2, 0) is 0 Å². The predicted molar refractivity (Wildman–Crippen MR) is 101 cm³/mol. The molecule has 1 aliphatic carbocycles. The number of hydrogen-bond donors (Lipinski definition) is 1. The van der Waals surface area contributed by atoms with Gasteiger partial charge in [0, 0.05) is 17.7 Å². The molecule has 25 heavy (non-hydrogen) atoms. The van der Waals surface area contributed by atoms with Crippen molar-refractivity contribution in [1.29, 1.82) is 0 Å². The number of fused-ring (bicyclic) bond motifs is 1. The first-order valence-corrected chi connectivity index (χ1v) is 10.2. The van der Waals surface area contributed by atoms with Crippen molar-refractivity contribution >= 4 is 28.8 Å². The van der Waals surface area contributed by atoms with Crippen molar-refractivity contribution in [1.82, 2.24) is 14.5 Å². The standard InChI is InChI=1S/C19H26FN3OS/c1-11(2)13-5-7-14(8-6-13)23-18-10-17(20)16(19(24)22-25-4)9-15(18)12(3)21-23/h9-11,13-14H,5-8H2,1-4H3,(H,22,24). The van der Waals surface area contributed by atoms with Gasteiger partial charge in [-0.2, -0.15) is 5.10 Å². The first-order chi connectivity index (χ1) is 11.9. The van der Waals surface area contributed by atoms with E-state index in [4.69, 9.17) is 0 Å². The number of halogens is 1. The van der Waals surface area contributed by atoms with Gasteiger partial charge in [0.15, 0.2) is 0 Å². The van der Waals surface area contributed by atoms with Crippen molar-refractivity contribution in [2.45, 2.75) is 52.5 Å². The SMILES string of the molecule is CSNC(=O)c1cc2c(C)nn(C3CCC(C(C)C)CC3)c2cc1F. The van der Waals surface area contributed by atoms with Crippen LogP contribution in [0.15, 0.2) is 12.1 Å². The molecule has 1 N–H and O–H groups in total. The van der Waals surface area contributed by atoms with Gasteiger partial charge in [0.05, 0.1) is 22.8 Å². The number of aromatic nitrogens is 2. The molecule has 3 rings (SSSR count). The van der Waals surface area contributed by atoms with Gasteiger partial charge in [-0.3, -0.25) is 14.2 Å². The molecule has 0 aliphatic heterocycles. The molecule has 6 heteroatoms. The number of rotatable bonds is 4. The summed E-state index contributed by atoms with van der Waals surface area (Å²) in [6.07, 6.45) is 6.29. The minimum Gasteiger partial charge on any atom is -0.296 e. The molecule has 0 atom stereocenters. The zero-order valence-corrected chi connectivity index (χ0v) is 16.1. The molecule has 2 aromatic rings. The second-order valence-electron chi connectivity index (χ2n) is 7.33. The summed E-state index contributed by atoms with van der Waals surface area (Å²) < 4.78 is 19.1. The lowest BCUT2D eigenvalue weighted by Crippen LogP contribution is -2.22. The molecule has 0 saturated heterocycles. The molecule has 1 heterocycles. The molecule has 0 spiro atoms. The number of nitrogens with one attached hydrogen (secondary N) is 1. The Bertz CT molecular complexity index is 779. The Morgan fingerprint density at radius 3 is 2.60 bits per heavy atom. The molecule has 1 saturated carbocycles. The van der Waals surface area contributed by atoms with Gasteiger partial charge in [-0.25, -0.2) is 4.39 Å². The average molecular weight is 364 g/mol. The number of hydrogen-bond acceptors (Lipinski definition) is 3. The predicted octanol–water partition coefficient (Wildman–Crippen LogP) is 4.88. The number of nitrogens with zero attached hydrogens (tertiary/aromatic N) is 2. The number of carbonyl (C=O) groups is 1. The summed E-state index contributed by atoms with van der Waals surface area (Å²) in [5, 5.41) is 5.54. The van der Waals surface area contributed by atoms with Gasteiger partial charge in [0.2, 0.25) is 0 Å². The van der Waals surface area contributed by atoms with E-state index in [-0.39, 0.29) is 5.56 Å². The van der Waals surface area contributed by atoms with Crippen LogP contribution >= 0.6 is 11.9 Å². The van der Waals surface area contributed by atoms with Gasteiger partial charge in [-0.15, -0.1) is 0 Å². The van der Waals surface area contributed by atoms with Crippen molar-refractivity contribution in [2.75, 3.05) is 6.26 Å². The van der Waals surface area contributed by atoms with Crippen LogP contribution in [0.2, 0.25) is 0 Å². The van der Waals surface area contributed by atoms with Crippen LogP contribution in [0.25, 0.3) is 10.9 Å². The second kappa shape index (κ2) is 7.36. The normalized spacial score (nSPS) is 21.0. The summed E-state index contributed by atoms with van der Waals surface area (Å²) in [7, 11) is 0. The van der Waals surface area contributed by atoms with Gasteiger partial charge >= 0.3 is 0 Å². The third kappa shape index (κ3) is 3.54. The molecular formula is C19H26FN3OS. The van der Waals surface area contributed by atoms with Crippen LogP contribution in [0.4, 0.5) is 4.39 Å². The van der Waals surface area contributed by atoms with Crippen LogP contribution in [-0.4, -0.2) is 21.9 Å². The highest BCUT2D eigenvalue weighted by atomic mass is 32.2. The van der Waals surface area contributed by atoms with E-state index in [1.54, 1.807) is 12.3 Å². The van der Waals surface area contributed by atoms with Gasteiger partial charge in [0.25, 0.3) is 5.91 Å². The molecule has 1 aliphatic rings. The second-order valence-corrected chi connectivity index (χ2v) is 7.94. The zero-order chi connectivity index (χ0) is 18.1. The fourth-order valence-electron chi connectivity index (χ4n) is 3.92. The quantitative estimate of drug-likeness (QED) is 0.788. The van der Waals surface area contributed by atoms with Crippen molar-refractivity contribution in [3.63, 3.8) is 0 Å². The Morgan fingerprint density at radius 2 is 2.00 bits per heavy atom. The zero-order valence-electron chi connectivity index (χ0n) is 15.3. The Hall–Kier alpha value is -1.56. The lowest BCUT2D eigenvalue weighted by Gasteiger charge is -2.31. The Labute approximate surface area is 152 Å². The molecule has 0 bridgehead atoms. The fraction of sp³-hybridized carbons (Fsp3) is 0.579. The summed E-state index contributed by atoms with van der Waals surface area (Å²) >= 11 is 1.17. The van der Waals surface area contributed by atoms with Crippen molar-refractivity contribution in [2.24, 2.45) is 11.8 Å². The first-order valence-electron chi connectivity index (χ1n) is 8.94. The lowest BCUT2D eigenvalue weighted by atomic mass is 9.80. The van der Waals surface area contributed by atoms with E-state index in [9.17, 15) is 9.18 Å². The highest BCUT2D eigenvalue weighted by Gasteiger charge is 2.27. The van der Waals surface area contributed by atoms with Crippen LogP contribution in [0.3, 0.4) is 0 Å². The maximum absolute atomic E-state index is 14.5. The Morgan fingerprint density at radius 1 is 1.32 bits per heavy atom. The summed E-state index contributed by atoms with van der Waals surface area (Å²) in [6, 6.07) is 3.42. The van der Waals surface area contributed by atoms with E-state index < -0.39 is 11.7 Å². The maximum Gasteiger partial charge on any atom is 0.264 e. The molecule has 1 aromatic heterocycles. The lowest BCUT2D eigenvalue weighted by molar-refractivity contribution is 0.0981. The van der Waals surface area contributed by atoms with Gasteiger partial charge in [-0.05, 0) is 50.5 Å². The molecule has 0 radical (unpaired) electrons. The molecular weight excluding hydrogens is 337 g/mol. The van der Waals surface area contributed by atoms with E-state index in [2.05, 4.69) is 23.7 Å². The molecule has 1 aromatic carbocycles. The first kappa shape index (κ1) is 18.2. The minimum atomic E-state index is -0.490. The van der Waals surface area contributed by atoms with E-state index >= 15 is 0 Å². The molecule has 136 valence electrons. The fourth-order valence-corrected chi connectivity index (χ4v) is 4.22. The number of amides is 1. The minimum absolute atomic E-state index is 0.0769. The summed E-state index contributed by atoms with van der Waals surface area (Å²) in [6.45, 7) is 6.50. The van der Waals surface area contributed by atoms with E-state index in [0.29, 0.717) is 12.0 Å². The smallest absolute Gasteiger partial charge is 0.264 e. The van der Waals surface area contributed by atoms with Crippen molar-refractivity contribution < 1.29 is 9.18 Å². The van der Waals surface area contributed by atoms with Gasteiger partial charge in [-0.1, -0.05) is 25.8 Å². The maximum atomic E-state index is 14.5. The summed E-state index contributed by atoms with van der Waals surface area (Å²) in [5.74, 6) is 0.595. The van der Waals surface area contributed by atoms with Gasteiger partial charge < -0.3 is 0 Å². The van der Waals surface area contributed by atoms with E-state index in [0.717, 1.165) is 35.4 Å². The highest BCUT2D eigenvalue weighted by molar-refractivity contribution is 7.97. The largest absolute Gasteiger partial charge is 0.296 e. The van der Waals surface area contributed by atoms with E-state index in [1.165, 1.54) is 30.9 Å². The third-order valence-corrected chi connectivity index (χ3v) is 5.84. The molecule has 0 unspecified atom stereocenters. The molecule has 1 fully saturated rings. The summed E-state index contributed by atoms with van der Waals surface area (Å²) in [4.78, 5) is 12.0. The van der Waals surface area contributed by atoms with Crippen molar-refractivity contribution in [3.05, 3.63) is 29.2 Å². The monoisotopic (exact) mass is 363 g/mol. The molecule has 4 nitrogen and oxygen atoms in total.